The molecule has 0 fully saturated rings. The second-order valence-corrected chi connectivity index (χ2v) is 6.36. The highest BCUT2D eigenvalue weighted by Gasteiger charge is 2.19. The summed E-state index contributed by atoms with van der Waals surface area (Å²) in [4.78, 5) is 1.07. The van der Waals surface area contributed by atoms with Crippen molar-refractivity contribution in [2.75, 3.05) is 5.75 Å². The van der Waals surface area contributed by atoms with E-state index in [0.717, 1.165) is 10.5 Å². The zero-order chi connectivity index (χ0) is 14.7. The Kier molecular flexibility index (Phi) is 5.18. The van der Waals surface area contributed by atoms with Crippen LogP contribution in [0.15, 0.2) is 45.8 Å². The topological polar surface area (TPSA) is 26.0 Å². The molecule has 0 saturated heterocycles. The Labute approximate surface area is 129 Å². The molecule has 1 atom stereocenters. The Hall–Kier alpha value is -0.910. The lowest BCUT2D eigenvalue weighted by atomic mass is 10.1. The third-order valence-corrected chi connectivity index (χ3v) is 4.87. The van der Waals surface area contributed by atoms with E-state index in [0.29, 0.717) is 5.75 Å². The van der Waals surface area contributed by atoms with Crippen LogP contribution in [0.1, 0.15) is 17.2 Å². The SMILES string of the molecule is Cc1ccccc1SCC(N)c1c(F)ccc(Br)c1F. The summed E-state index contributed by atoms with van der Waals surface area (Å²) in [5.74, 6) is -0.818. The van der Waals surface area contributed by atoms with E-state index >= 15 is 0 Å². The van der Waals surface area contributed by atoms with E-state index in [1.165, 1.54) is 23.9 Å². The number of aryl methyl sites for hydroxylation is 1. The molecule has 0 aliphatic heterocycles. The van der Waals surface area contributed by atoms with Crippen LogP contribution in [-0.2, 0) is 0 Å². The molecule has 0 heterocycles. The van der Waals surface area contributed by atoms with Crippen LogP contribution >= 0.6 is 27.7 Å². The predicted molar refractivity (Wildman–Crippen MR) is 82.9 cm³/mol. The van der Waals surface area contributed by atoms with Gasteiger partial charge in [-0.25, -0.2) is 8.78 Å². The summed E-state index contributed by atoms with van der Waals surface area (Å²) in [6.45, 7) is 1.99. The van der Waals surface area contributed by atoms with Crippen LogP contribution in [0.2, 0.25) is 0 Å². The molecule has 106 valence electrons. The van der Waals surface area contributed by atoms with Gasteiger partial charge in [-0.2, -0.15) is 0 Å². The first-order chi connectivity index (χ1) is 9.50. The molecule has 20 heavy (non-hydrogen) atoms. The molecular formula is C15H14BrF2NS. The van der Waals surface area contributed by atoms with Crippen LogP contribution in [0.3, 0.4) is 0 Å². The van der Waals surface area contributed by atoms with Crippen LogP contribution in [0.4, 0.5) is 8.78 Å². The largest absolute Gasteiger partial charge is 0.323 e. The Morgan fingerprint density at radius 2 is 1.90 bits per heavy atom. The van der Waals surface area contributed by atoms with Crippen LogP contribution < -0.4 is 5.73 Å². The molecule has 0 aliphatic rings. The second kappa shape index (κ2) is 6.70. The third kappa shape index (κ3) is 3.40. The fourth-order valence-electron chi connectivity index (χ4n) is 1.86. The number of hydrogen-bond donors (Lipinski definition) is 1. The lowest BCUT2D eigenvalue weighted by molar-refractivity contribution is 0.534. The van der Waals surface area contributed by atoms with Crippen LogP contribution in [-0.4, -0.2) is 5.75 Å². The minimum absolute atomic E-state index is 0.0690. The quantitative estimate of drug-likeness (QED) is 0.626. The summed E-state index contributed by atoms with van der Waals surface area (Å²) in [6.07, 6.45) is 0. The van der Waals surface area contributed by atoms with Gasteiger partial charge in [-0.15, -0.1) is 11.8 Å². The van der Waals surface area contributed by atoms with Gasteiger partial charge in [0.1, 0.15) is 11.6 Å². The summed E-state index contributed by atoms with van der Waals surface area (Å²) in [7, 11) is 0. The maximum Gasteiger partial charge on any atom is 0.145 e. The van der Waals surface area contributed by atoms with Crippen molar-refractivity contribution < 1.29 is 8.78 Å². The van der Waals surface area contributed by atoms with Crippen molar-refractivity contribution in [1.29, 1.82) is 0 Å². The van der Waals surface area contributed by atoms with Crippen molar-refractivity contribution in [1.82, 2.24) is 0 Å². The van der Waals surface area contributed by atoms with E-state index in [1.807, 2.05) is 31.2 Å². The van der Waals surface area contributed by atoms with Crippen molar-refractivity contribution in [3.05, 3.63) is 63.6 Å². The van der Waals surface area contributed by atoms with Crippen LogP contribution in [0.5, 0.6) is 0 Å². The monoisotopic (exact) mass is 357 g/mol. The van der Waals surface area contributed by atoms with E-state index in [-0.39, 0.29) is 10.0 Å². The molecule has 0 bridgehead atoms. The van der Waals surface area contributed by atoms with E-state index in [9.17, 15) is 8.78 Å². The summed E-state index contributed by atoms with van der Waals surface area (Å²) < 4.78 is 27.9. The molecule has 2 rings (SSSR count). The van der Waals surface area contributed by atoms with Crippen LogP contribution in [0, 0.1) is 18.6 Å². The van der Waals surface area contributed by atoms with Gasteiger partial charge >= 0.3 is 0 Å². The summed E-state index contributed by atoms with van der Waals surface area (Å²) in [6, 6.07) is 9.72. The predicted octanol–water partition coefficient (Wildman–Crippen LogP) is 4.83. The number of rotatable bonds is 4. The minimum Gasteiger partial charge on any atom is -0.323 e. The molecule has 0 spiro atoms. The van der Waals surface area contributed by atoms with Gasteiger partial charge in [-0.05, 0) is 46.6 Å². The Balaban J connectivity index is 2.15. The van der Waals surface area contributed by atoms with Gasteiger partial charge < -0.3 is 5.73 Å². The van der Waals surface area contributed by atoms with Crippen LogP contribution in [0.25, 0.3) is 0 Å². The summed E-state index contributed by atoms with van der Waals surface area (Å²) in [5, 5.41) is 0. The third-order valence-electron chi connectivity index (χ3n) is 2.96. The highest BCUT2D eigenvalue weighted by molar-refractivity contribution is 9.10. The molecule has 2 aromatic carbocycles. The van der Waals surface area contributed by atoms with Gasteiger partial charge in [0.05, 0.1) is 4.47 Å². The van der Waals surface area contributed by atoms with E-state index in [2.05, 4.69) is 15.9 Å². The first-order valence-electron chi connectivity index (χ1n) is 6.08. The van der Waals surface area contributed by atoms with Gasteiger partial charge in [-0.1, -0.05) is 18.2 Å². The lowest BCUT2D eigenvalue weighted by Gasteiger charge is -2.15. The van der Waals surface area contributed by atoms with E-state index in [1.54, 1.807) is 0 Å². The molecule has 2 aromatic rings. The Bertz CT molecular complexity index is 619. The van der Waals surface area contributed by atoms with Crippen molar-refractivity contribution in [3.63, 3.8) is 0 Å². The number of hydrogen-bond acceptors (Lipinski definition) is 2. The fraction of sp³-hybridized carbons (Fsp3) is 0.200. The molecule has 0 saturated carbocycles. The Morgan fingerprint density at radius 3 is 2.60 bits per heavy atom. The molecule has 2 N–H and O–H groups in total. The van der Waals surface area contributed by atoms with Crippen molar-refractivity contribution >= 4 is 27.7 Å². The maximum atomic E-state index is 13.9. The first-order valence-corrected chi connectivity index (χ1v) is 7.86. The summed E-state index contributed by atoms with van der Waals surface area (Å²) >= 11 is 4.55. The van der Waals surface area contributed by atoms with Gasteiger partial charge in [-0.3, -0.25) is 0 Å². The molecule has 0 aromatic heterocycles. The first kappa shape index (κ1) is 15.5. The van der Waals surface area contributed by atoms with Gasteiger partial charge in [0.15, 0.2) is 0 Å². The van der Waals surface area contributed by atoms with Gasteiger partial charge in [0, 0.05) is 22.3 Å². The highest BCUT2D eigenvalue weighted by atomic mass is 79.9. The highest BCUT2D eigenvalue weighted by Crippen LogP contribution is 2.30. The molecule has 0 aliphatic carbocycles. The molecule has 0 amide bonds. The van der Waals surface area contributed by atoms with Gasteiger partial charge in [0.25, 0.3) is 0 Å². The average Bonchev–Trinajstić information content (AvgIpc) is 2.42. The van der Waals surface area contributed by atoms with Gasteiger partial charge in [0.2, 0.25) is 0 Å². The van der Waals surface area contributed by atoms with Crippen molar-refractivity contribution in [2.24, 2.45) is 5.73 Å². The number of nitrogens with two attached hydrogens (primary N) is 1. The standard InChI is InChI=1S/C15H14BrF2NS/c1-9-4-2-3-5-13(9)20-8-12(19)14-11(17)7-6-10(16)15(14)18/h2-7,12H,8,19H2,1H3. The van der Waals surface area contributed by atoms with Crippen molar-refractivity contribution in [2.45, 2.75) is 17.9 Å². The molecular weight excluding hydrogens is 344 g/mol. The molecule has 1 nitrogen and oxygen atoms in total. The zero-order valence-corrected chi connectivity index (χ0v) is 13.3. The molecule has 5 heteroatoms. The normalized spacial score (nSPS) is 12.4. The molecule has 0 radical (unpaired) electrons. The number of thioether (sulfide) groups is 1. The maximum absolute atomic E-state index is 13.9. The average molecular weight is 358 g/mol. The van der Waals surface area contributed by atoms with E-state index < -0.39 is 17.7 Å². The minimum atomic E-state index is -0.697. The smallest absolute Gasteiger partial charge is 0.145 e. The summed E-state index contributed by atoms with van der Waals surface area (Å²) in [5.41, 5.74) is 7.00. The number of halogens is 3. The number of benzene rings is 2. The van der Waals surface area contributed by atoms with Crippen molar-refractivity contribution in [3.8, 4) is 0 Å². The van der Waals surface area contributed by atoms with E-state index in [4.69, 9.17) is 5.73 Å². The Morgan fingerprint density at radius 1 is 1.20 bits per heavy atom. The molecule has 1 unspecified atom stereocenters. The second-order valence-electron chi connectivity index (χ2n) is 4.44. The lowest BCUT2D eigenvalue weighted by Crippen LogP contribution is -2.17. The fourth-order valence-corrected chi connectivity index (χ4v) is 3.21. The zero-order valence-electron chi connectivity index (χ0n) is 10.9.